The van der Waals surface area contributed by atoms with Gasteiger partial charge in [-0.25, -0.2) is 0 Å². The molecule has 0 unspecified atom stereocenters. The quantitative estimate of drug-likeness (QED) is 0.485. The zero-order valence-electron chi connectivity index (χ0n) is 13.8. The van der Waals surface area contributed by atoms with Crippen LogP contribution in [0, 0.1) is 0 Å². The highest BCUT2D eigenvalue weighted by Crippen LogP contribution is 2.34. The molecule has 2 N–H and O–H groups in total. The summed E-state index contributed by atoms with van der Waals surface area (Å²) in [5.41, 5.74) is 2.11. The first-order chi connectivity index (χ1) is 11.9. The summed E-state index contributed by atoms with van der Waals surface area (Å²) >= 11 is 3.97. The van der Waals surface area contributed by atoms with Gasteiger partial charge in [0.15, 0.2) is 14.5 Å². The molecule has 9 heteroatoms. The molecule has 25 heavy (non-hydrogen) atoms. The second kappa shape index (κ2) is 9.21. The minimum absolute atomic E-state index is 0.0413. The molecule has 0 fully saturated rings. The first kappa shape index (κ1) is 19.7. The van der Waals surface area contributed by atoms with Crippen LogP contribution in [0.2, 0.25) is 0 Å². The van der Waals surface area contributed by atoms with Gasteiger partial charge in [0, 0.05) is 5.75 Å². The van der Waals surface area contributed by atoms with Crippen LogP contribution in [0.1, 0.15) is 41.8 Å². The molecular weight excluding hydrogens is 380 g/mol. The van der Waals surface area contributed by atoms with Crippen molar-refractivity contribution in [2.45, 2.75) is 41.1 Å². The van der Waals surface area contributed by atoms with Crippen LogP contribution in [0.5, 0.6) is 5.75 Å². The molecule has 0 radical (unpaired) electrons. The molecule has 0 bridgehead atoms. The van der Waals surface area contributed by atoms with E-state index in [1.165, 1.54) is 30.0 Å². The van der Waals surface area contributed by atoms with E-state index in [0.29, 0.717) is 22.1 Å². The smallest absolute Gasteiger partial charge is 0.313 e. The first-order valence-electron chi connectivity index (χ1n) is 7.57. The largest absolute Gasteiger partial charge is 0.507 e. The van der Waals surface area contributed by atoms with Gasteiger partial charge in [-0.3, -0.25) is 9.59 Å². The Labute approximate surface area is 158 Å². The molecule has 0 saturated carbocycles. The van der Waals surface area contributed by atoms with E-state index in [1.807, 2.05) is 13.0 Å². The number of thioether (sulfide) groups is 2. The van der Waals surface area contributed by atoms with Crippen LogP contribution < -0.4 is 0 Å². The Balaban J connectivity index is 2.11. The van der Waals surface area contributed by atoms with Crippen LogP contribution >= 0.6 is 34.9 Å². The molecule has 0 atom stereocenters. The van der Waals surface area contributed by atoms with Crippen LogP contribution in [0.15, 0.2) is 20.8 Å². The number of carbonyl (C=O) groups excluding carboxylic acids is 1. The lowest BCUT2D eigenvalue weighted by molar-refractivity contribution is -0.133. The van der Waals surface area contributed by atoms with Crippen molar-refractivity contribution in [3.8, 4) is 5.75 Å². The lowest BCUT2D eigenvalue weighted by Gasteiger charge is -2.12. The van der Waals surface area contributed by atoms with Crippen molar-refractivity contribution in [3.63, 3.8) is 0 Å². The first-order valence-corrected chi connectivity index (χ1v) is 10.4. The Bertz CT molecular complexity index is 777. The normalized spacial score (nSPS) is 10.8. The lowest BCUT2D eigenvalue weighted by atomic mass is 9.98. The third kappa shape index (κ3) is 5.45. The summed E-state index contributed by atoms with van der Waals surface area (Å²) in [4.78, 5) is 22.2. The highest BCUT2D eigenvalue weighted by Gasteiger charge is 2.16. The summed E-state index contributed by atoms with van der Waals surface area (Å²) in [6, 6.07) is 3.52. The van der Waals surface area contributed by atoms with Gasteiger partial charge in [-0.15, -0.1) is 10.2 Å². The number of aromatic hydroxyl groups is 1. The van der Waals surface area contributed by atoms with E-state index in [9.17, 15) is 14.7 Å². The number of aromatic nitrogens is 2. The van der Waals surface area contributed by atoms with Crippen molar-refractivity contribution in [1.82, 2.24) is 10.2 Å². The molecule has 0 aliphatic heterocycles. The molecule has 1 aromatic carbocycles. The SMILES string of the molecule is CCCc1c(CSc2nnc(SCC(=O)O)s2)ccc(C(C)=O)c1O. The number of carboxylic acids is 1. The average molecular weight is 399 g/mol. The van der Waals surface area contributed by atoms with Crippen molar-refractivity contribution in [2.24, 2.45) is 0 Å². The number of phenolic OH excluding ortho intramolecular Hbond substituents is 1. The topological polar surface area (TPSA) is 100 Å². The Kier molecular flexibility index (Phi) is 7.27. The number of rotatable bonds is 9. The summed E-state index contributed by atoms with van der Waals surface area (Å²) in [6.45, 7) is 3.46. The minimum atomic E-state index is -0.889. The zero-order valence-corrected chi connectivity index (χ0v) is 16.3. The fraction of sp³-hybridized carbons (Fsp3) is 0.375. The standard InChI is InChI=1S/C16H18N2O4S3/c1-3-4-12-10(5-6-11(9(2)19)14(12)22)7-23-15-17-18-16(25-15)24-8-13(20)21/h5-6,22H,3-4,7-8H2,1-2H3,(H,20,21). The number of hydrogen-bond acceptors (Lipinski definition) is 8. The fourth-order valence-electron chi connectivity index (χ4n) is 2.20. The van der Waals surface area contributed by atoms with Crippen molar-refractivity contribution < 1.29 is 19.8 Å². The maximum absolute atomic E-state index is 11.6. The summed E-state index contributed by atoms with van der Waals surface area (Å²) in [6.07, 6.45) is 1.56. The third-order valence-electron chi connectivity index (χ3n) is 3.32. The van der Waals surface area contributed by atoms with Crippen molar-refractivity contribution in [3.05, 3.63) is 28.8 Å². The zero-order chi connectivity index (χ0) is 18.4. The van der Waals surface area contributed by atoms with Crippen LogP contribution in [0.3, 0.4) is 0 Å². The highest BCUT2D eigenvalue weighted by molar-refractivity contribution is 8.03. The van der Waals surface area contributed by atoms with Gasteiger partial charge in [-0.05, 0) is 30.5 Å². The third-order valence-corrected chi connectivity index (χ3v) is 6.54. The molecule has 1 heterocycles. The average Bonchev–Trinajstić information content (AvgIpc) is 3.01. The number of ketones is 1. The monoisotopic (exact) mass is 398 g/mol. The van der Waals surface area contributed by atoms with E-state index in [2.05, 4.69) is 10.2 Å². The summed E-state index contributed by atoms with van der Waals surface area (Å²) < 4.78 is 1.36. The van der Waals surface area contributed by atoms with E-state index < -0.39 is 5.97 Å². The molecule has 0 aliphatic rings. The molecule has 0 amide bonds. The van der Waals surface area contributed by atoms with Gasteiger partial charge in [-0.2, -0.15) is 0 Å². The molecule has 0 saturated heterocycles. The van der Waals surface area contributed by atoms with E-state index in [1.54, 1.807) is 6.07 Å². The summed E-state index contributed by atoms with van der Waals surface area (Å²) in [5, 5.41) is 27.1. The fourth-order valence-corrected chi connectivity index (χ4v) is 4.97. The van der Waals surface area contributed by atoms with E-state index in [-0.39, 0.29) is 17.3 Å². The Hall–Kier alpha value is -1.58. The van der Waals surface area contributed by atoms with Gasteiger partial charge in [0.25, 0.3) is 0 Å². The van der Waals surface area contributed by atoms with E-state index >= 15 is 0 Å². The number of aliphatic carboxylic acids is 1. The molecule has 1 aromatic heterocycles. The summed E-state index contributed by atoms with van der Waals surface area (Å²) in [7, 11) is 0. The van der Waals surface area contributed by atoms with Crippen molar-refractivity contribution in [1.29, 1.82) is 0 Å². The number of nitrogens with zero attached hydrogens (tertiary/aromatic N) is 2. The Morgan fingerprint density at radius 3 is 2.48 bits per heavy atom. The predicted molar refractivity (Wildman–Crippen MR) is 99.9 cm³/mol. The van der Waals surface area contributed by atoms with Gasteiger partial charge in [0.05, 0.1) is 11.3 Å². The Morgan fingerprint density at radius 1 is 1.20 bits per heavy atom. The predicted octanol–water partition coefficient (Wildman–Crippen LogP) is 3.87. The number of phenols is 1. The van der Waals surface area contributed by atoms with Gasteiger partial charge in [-0.1, -0.05) is 54.3 Å². The molecule has 0 spiro atoms. The molecule has 0 aliphatic carbocycles. The Morgan fingerprint density at radius 2 is 1.88 bits per heavy atom. The number of hydrogen-bond donors (Lipinski definition) is 2. The van der Waals surface area contributed by atoms with E-state index in [4.69, 9.17) is 5.11 Å². The van der Waals surface area contributed by atoms with E-state index in [0.717, 1.165) is 33.6 Å². The van der Waals surface area contributed by atoms with Crippen LogP contribution in [0.25, 0.3) is 0 Å². The van der Waals surface area contributed by atoms with Gasteiger partial charge < -0.3 is 10.2 Å². The van der Waals surface area contributed by atoms with Crippen molar-refractivity contribution >= 4 is 46.6 Å². The van der Waals surface area contributed by atoms with Gasteiger partial charge in [0.2, 0.25) is 0 Å². The van der Waals surface area contributed by atoms with Crippen LogP contribution in [-0.2, 0) is 17.0 Å². The summed E-state index contributed by atoms with van der Waals surface area (Å²) in [5.74, 6) is -0.417. The maximum Gasteiger partial charge on any atom is 0.313 e. The van der Waals surface area contributed by atoms with Crippen LogP contribution in [-0.4, -0.2) is 37.9 Å². The molecular formula is C16H18N2O4S3. The molecule has 2 rings (SSSR count). The molecule has 6 nitrogen and oxygen atoms in total. The minimum Gasteiger partial charge on any atom is -0.507 e. The second-order valence-electron chi connectivity index (χ2n) is 5.21. The van der Waals surface area contributed by atoms with Gasteiger partial charge in [0.1, 0.15) is 5.75 Å². The molecule has 134 valence electrons. The van der Waals surface area contributed by atoms with Crippen molar-refractivity contribution in [2.75, 3.05) is 5.75 Å². The molecule has 2 aromatic rings. The highest BCUT2D eigenvalue weighted by atomic mass is 32.2. The number of carboxylic acid groups (broad SMARTS) is 1. The van der Waals surface area contributed by atoms with Crippen LogP contribution in [0.4, 0.5) is 0 Å². The number of benzene rings is 1. The van der Waals surface area contributed by atoms with Gasteiger partial charge >= 0.3 is 5.97 Å². The number of carbonyl (C=O) groups is 2. The maximum atomic E-state index is 11.6. The number of Topliss-reactive ketones (excluding diaryl/α,β-unsaturated/α-hetero) is 1. The lowest BCUT2D eigenvalue weighted by Crippen LogP contribution is -2.00. The second-order valence-corrected chi connectivity index (χ2v) is 8.63.